The van der Waals surface area contributed by atoms with E-state index < -0.39 is 12.0 Å². The van der Waals surface area contributed by atoms with Crippen LogP contribution in [0.25, 0.3) is 0 Å². The van der Waals surface area contributed by atoms with Crippen LogP contribution in [0.1, 0.15) is 0 Å². The Hall–Kier alpha value is -2.58. The molecule has 0 bridgehead atoms. The summed E-state index contributed by atoms with van der Waals surface area (Å²) in [5.74, 6) is 0. The zero-order valence-electron chi connectivity index (χ0n) is 10.2. The van der Waals surface area contributed by atoms with Gasteiger partial charge in [0.05, 0.1) is 16.3 Å². The Kier molecular flexibility index (Phi) is 4.19. The van der Waals surface area contributed by atoms with Gasteiger partial charge >= 0.3 is 7.12 Å². The van der Waals surface area contributed by atoms with Gasteiger partial charge in [0.1, 0.15) is 0 Å². The number of nitro groups is 1. The molecule has 0 aromatic heterocycles. The number of hydrogen-bond acceptors (Lipinski definition) is 6. The third-order valence-electron chi connectivity index (χ3n) is 2.53. The lowest BCUT2D eigenvalue weighted by molar-refractivity contribution is -0.384. The van der Waals surface area contributed by atoms with Crippen molar-refractivity contribution in [1.29, 1.82) is 0 Å². The van der Waals surface area contributed by atoms with Crippen LogP contribution in [-0.2, 0) is 0 Å². The van der Waals surface area contributed by atoms with Crippen molar-refractivity contribution >= 4 is 29.6 Å². The van der Waals surface area contributed by atoms with Crippen LogP contribution in [0, 0.1) is 10.1 Å². The molecule has 100 valence electrons. The van der Waals surface area contributed by atoms with Gasteiger partial charge in [0.2, 0.25) is 0 Å². The van der Waals surface area contributed by atoms with E-state index in [1.54, 1.807) is 12.1 Å². The second-order valence-corrected chi connectivity index (χ2v) is 3.94. The molecular weight excluding hydrogens is 261 g/mol. The van der Waals surface area contributed by atoms with Crippen LogP contribution < -0.4 is 5.46 Å². The van der Waals surface area contributed by atoms with E-state index in [1.807, 2.05) is 0 Å². The van der Waals surface area contributed by atoms with Crippen molar-refractivity contribution in [2.24, 2.45) is 10.2 Å². The normalized spacial score (nSPS) is 10.7. The largest absolute Gasteiger partial charge is 0.488 e. The van der Waals surface area contributed by atoms with Gasteiger partial charge in [0.25, 0.3) is 5.69 Å². The minimum absolute atomic E-state index is 0.00904. The lowest BCUT2D eigenvalue weighted by Gasteiger charge is -1.98. The van der Waals surface area contributed by atoms with Crippen LogP contribution in [-0.4, -0.2) is 22.1 Å². The van der Waals surface area contributed by atoms with Gasteiger partial charge in [-0.3, -0.25) is 10.1 Å². The zero-order valence-corrected chi connectivity index (χ0v) is 10.2. The van der Waals surface area contributed by atoms with Crippen molar-refractivity contribution in [1.82, 2.24) is 0 Å². The number of nitrogens with zero attached hydrogens (tertiary/aromatic N) is 3. The van der Waals surface area contributed by atoms with E-state index >= 15 is 0 Å². The summed E-state index contributed by atoms with van der Waals surface area (Å²) in [5.41, 5.74) is 1.37. The number of hydrogen-bond donors (Lipinski definition) is 2. The Bertz CT molecular complexity index is 626. The highest BCUT2D eigenvalue weighted by Gasteiger charge is 2.09. The van der Waals surface area contributed by atoms with E-state index in [2.05, 4.69) is 10.2 Å². The first-order valence-electron chi connectivity index (χ1n) is 5.68. The molecule has 0 aliphatic heterocycles. The Morgan fingerprint density at radius 2 is 1.35 bits per heavy atom. The summed E-state index contributed by atoms with van der Waals surface area (Å²) in [6, 6.07) is 11.9. The number of rotatable bonds is 4. The fourth-order valence-corrected chi connectivity index (χ4v) is 1.47. The minimum Gasteiger partial charge on any atom is -0.423 e. The van der Waals surface area contributed by atoms with Gasteiger partial charge in [0.15, 0.2) is 0 Å². The first kappa shape index (κ1) is 13.8. The standard InChI is InChI=1S/C12H10BN3O4/c17-13(18)9-1-3-10(4-2-9)14-15-11-5-7-12(8-6-11)16(19)20/h1-8,17-18H. The molecule has 0 aliphatic carbocycles. The van der Waals surface area contributed by atoms with Crippen molar-refractivity contribution in [3.8, 4) is 0 Å². The molecule has 2 N–H and O–H groups in total. The monoisotopic (exact) mass is 271 g/mol. The average molecular weight is 271 g/mol. The summed E-state index contributed by atoms with van der Waals surface area (Å²) in [6.45, 7) is 0. The SMILES string of the molecule is O=[N+]([O-])c1ccc(N=Nc2ccc(B(O)O)cc2)cc1. The van der Waals surface area contributed by atoms with E-state index in [0.717, 1.165) is 0 Å². The van der Waals surface area contributed by atoms with Crippen LogP contribution in [0.2, 0.25) is 0 Å². The van der Waals surface area contributed by atoms with Crippen LogP contribution >= 0.6 is 0 Å². The first-order valence-corrected chi connectivity index (χ1v) is 5.68. The molecule has 20 heavy (non-hydrogen) atoms. The molecule has 0 fully saturated rings. The molecule has 0 radical (unpaired) electrons. The van der Waals surface area contributed by atoms with Gasteiger partial charge in [-0.25, -0.2) is 0 Å². The average Bonchev–Trinajstić information content (AvgIpc) is 2.46. The summed E-state index contributed by atoms with van der Waals surface area (Å²) in [6.07, 6.45) is 0. The zero-order chi connectivity index (χ0) is 14.5. The fourth-order valence-electron chi connectivity index (χ4n) is 1.47. The lowest BCUT2D eigenvalue weighted by Crippen LogP contribution is -2.29. The van der Waals surface area contributed by atoms with Gasteiger partial charge in [-0.2, -0.15) is 10.2 Å². The Labute approximate surface area is 114 Å². The lowest BCUT2D eigenvalue weighted by atomic mass is 9.80. The van der Waals surface area contributed by atoms with Gasteiger partial charge in [-0.1, -0.05) is 12.1 Å². The highest BCUT2D eigenvalue weighted by Crippen LogP contribution is 2.20. The van der Waals surface area contributed by atoms with Gasteiger partial charge in [-0.15, -0.1) is 0 Å². The van der Waals surface area contributed by atoms with E-state index in [-0.39, 0.29) is 5.69 Å². The van der Waals surface area contributed by atoms with Crippen molar-refractivity contribution in [2.45, 2.75) is 0 Å². The molecule has 2 rings (SSSR count). The minimum atomic E-state index is -1.52. The fraction of sp³-hybridized carbons (Fsp3) is 0. The molecule has 0 unspecified atom stereocenters. The molecule has 2 aromatic rings. The second-order valence-electron chi connectivity index (χ2n) is 3.94. The summed E-state index contributed by atoms with van der Waals surface area (Å²) in [7, 11) is -1.52. The summed E-state index contributed by atoms with van der Waals surface area (Å²) in [4.78, 5) is 10.0. The Balaban J connectivity index is 2.10. The van der Waals surface area contributed by atoms with E-state index in [0.29, 0.717) is 16.8 Å². The third kappa shape index (κ3) is 3.47. The van der Waals surface area contributed by atoms with Gasteiger partial charge in [-0.05, 0) is 29.7 Å². The molecule has 0 saturated carbocycles. The molecule has 7 nitrogen and oxygen atoms in total. The van der Waals surface area contributed by atoms with E-state index in [1.165, 1.54) is 36.4 Å². The van der Waals surface area contributed by atoms with Crippen molar-refractivity contribution in [3.05, 3.63) is 58.6 Å². The second kappa shape index (κ2) is 6.05. The van der Waals surface area contributed by atoms with Crippen LogP contribution in [0.3, 0.4) is 0 Å². The summed E-state index contributed by atoms with van der Waals surface area (Å²) >= 11 is 0. The van der Waals surface area contributed by atoms with Crippen molar-refractivity contribution in [2.75, 3.05) is 0 Å². The van der Waals surface area contributed by atoms with Crippen molar-refractivity contribution in [3.63, 3.8) is 0 Å². The topological polar surface area (TPSA) is 108 Å². The van der Waals surface area contributed by atoms with Gasteiger partial charge in [0, 0.05) is 12.1 Å². The predicted octanol–water partition coefficient (Wildman–Crippen LogP) is 1.69. The molecule has 0 spiro atoms. The van der Waals surface area contributed by atoms with Gasteiger partial charge < -0.3 is 10.0 Å². The predicted molar refractivity (Wildman–Crippen MR) is 73.5 cm³/mol. The molecule has 0 atom stereocenters. The summed E-state index contributed by atoms with van der Waals surface area (Å²) < 4.78 is 0. The van der Waals surface area contributed by atoms with Crippen molar-refractivity contribution < 1.29 is 15.0 Å². The Morgan fingerprint density at radius 1 is 0.900 bits per heavy atom. The molecule has 8 heteroatoms. The molecular formula is C12H10BN3O4. The van der Waals surface area contributed by atoms with Crippen LogP contribution in [0.5, 0.6) is 0 Å². The van der Waals surface area contributed by atoms with E-state index in [9.17, 15) is 10.1 Å². The van der Waals surface area contributed by atoms with Crippen LogP contribution in [0.15, 0.2) is 58.8 Å². The smallest absolute Gasteiger partial charge is 0.423 e. The summed E-state index contributed by atoms with van der Waals surface area (Å²) in [5, 5.41) is 36.2. The maximum Gasteiger partial charge on any atom is 0.488 e. The molecule has 0 saturated heterocycles. The number of azo groups is 1. The third-order valence-corrected chi connectivity index (χ3v) is 2.53. The maximum atomic E-state index is 10.5. The molecule has 0 heterocycles. The Morgan fingerprint density at radius 3 is 1.75 bits per heavy atom. The molecule has 0 aliphatic rings. The maximum absolute atomic E-state index is 10.5. The number of nitro benzene ring substituents is 1. The highest BCUT2D eigenvalue weighted by atomic mass is 16.6. The first-order chi connectivity index (χ1) is 9.56. The number of non-ortho nitro benzene ring substituents is 1. The quantitative estimate of drug-likeness (QED) is 0.381. The van der Waals surface area contributed by atoms with Crippen LogP contribution in [0.4, 0.5) is 17.1 Å². The number of benzene rings is 2. The highest BCUT2D eigenvalue weighted by molar-refractivity contribution is 6.58. The molecule has 0 amide bonds. The molecule has 2 aromatic carbocycles. The van der Waals surface area contributed by atoms with E-state index in [4.69, 9.17) is 10.0 Å².